The van der Waals surface area contributed by atoms with Crippen molar-refractivity contribution in [1.29, 1.82) is 0 Å². The highest BCUT2D eigenvalue weighted by Crippen LogP contribution is 2.17. The van der Waals surface area contributed by atoms with Crippen LogP contribution in [0.15, 0.2) is 48.9 Å². The van der Waals surface area contributed by atoms with Gasteiger partial charge in [-0.2, -0.15) is 10.1 Å². The molecule has 2 aromatic heterocycles. The molecule has 2 heterocycles. The Bertz CT molecular complexity index is 788. The monoisotopic (exact) mass is 306 g/mol. The highest BCUT2D eigenvalue weighted by molar-refractivity contribution is 5.56. The van der Waals surface area contributed by atoms with Crippen molar-refractivity contribution in [2.45, 2.75) is 20.4 Å². The summed E-state index contributed by atoms with van der Waals surface area (Å²) in [4.78, 5) is 8.50. The molecule has 23 heavy (non-hydrogen) atoms. The van der Waals surface area contributed by atoms with E-state index < -0.39 is 0 Å². The van der Waals surface area contributed by atoms with Gasteiger partial charge in [-0.05, 0) is 48.7 Å². The van der Waals surface area contributed by atoms with Gasteiger partial charge in [0, 0.05) is 24.6 Å². The topological polar surface area (TPSA) is 75.6 Å². The predicted octanol–water partition coefficient (Wildman–Crippen LogP) is 3.24. The fourth-order valence-corrected chi connectivity index (χ4v) is 2.09. The minimum absolute atomic E-state index is 0.462. The number of rotatable bonds is 5. The smallest absolute Gasteiger partial charge is 0.249 e. The molecule has 0 atom stereocenters. The second-order valence-electron chi connectivity index (χ2n) is 5.30. The Morgan fingerprint density at radius 1 is 1.04 bits per heavy atom. The van der Waals surface area contributed by atoms with Gasteiger partial charge in [0.15, 0.2) is 5.82 Å². The number of pyridine rings is 1. The molecular weight excluding hydrogens is 288 g/mol. The largest absolute Gasteiger partial charge is 0.364 e. The van der Waals surface area contributed by atoms with E-state index in [0.29, 0.717) is 18.3 Å². The first-order valence-corrected chi connectivity index (χ1v) is 7.37. The Morgan fingerprint density at radius 2 is 1.96 bits per heavy atom. The van der Waals surface area contributed by atoms with Crippen molar-refractivity contribution >= 4 is 17.5 Å². The molecule has 0 fully saturated rings. The maximum absolute atomic E-state index is 4.42. The van der Waals surface area contributed by atoms with E-state index in [9.17, 15) is 0 Å². The molecule has 0 aliphatic heterocycles. The van der Waals surface area contributed by atoms with Gasteiger partial charge in [0.1, 0.15) is 0 Å². The molecule has 0 saturated carbocycles. The SMILES string of the molecule is Cc1ccc(Nc2nncc(NCc3cccnc3)n2)cc1C. The third-order valence-corrected chi connectivity index (χ3v) is 3.52. The van der Waals surface area contributed by atoms with Gasteiger partial charge in [0.05, 0.1) is 6.20 Å². The number of hydrogen-bond donors (Lipinski definition) is 2. The summed E-state index contributed by atoms with van der Waals surface area (Å²) in [6, 6.07) is 10.0. The van der Waals surface area contributed by atoms with Crippen molar-refractivity contribution in [3.8, 4) is 0 Å². The molecule has 0 unspecified atom stereocenters. The van der Waals surface area contributed by atoms with Crippen LogP contribution in [0.4, 0.5) is 17.5 Å². The third-order valence-electron chi connectivity index (χ3n) is 3.52. The molecule has 3 rings (SSSR count). The van der Waals surface area contributed by atoms with Crippen molar-refractivity contribution in [2.24, 2.45) is 0 Å². The molecule has 0 saturated heterocycles. The van der Waals surface area contributed by atoms with E-state index in [1.54, 1.807) is 12.4 Å². The molecule has 0 radical (unpaired) electrons. The quantitative estimate of drug-likeness (QED) is 0.753. The third kappa shape index (κ3) is 4.00. The van der Waals surface area contributed by atoms with Crippen LogP contribution >= 0.6 is 0 Å². The zero-order chi connectivity index (χ0) is 16.1. The van der Waals surface area contributed by atoms with E-state index in [-0.39, 0.29) is 0 Å². The first-order chi connectivity index (χ1) is 11.2. The van der Waals surface area contributed by atoms with Gasteiger partial charge in [-0.25, -0.2) is 0 Å². The number of nitrogens with one attached hydrogen (secondary N) is 2. The van der Waals surface area contributed by atoms with Crippen LogP contribution in [0.25, 0.3) is 0 Å². The van der Waals surface area contributed by atoms with Gasteiger partial charge in [-0.3, -0.25) is 4.98 Å². The minimum Gasteiger partial charge on any atom is -0.364 e. The number of nitrogens with zero attached hydrogens (tertiary/aromatic N) is 4. The summed E-state index contributed by atoms with van der Waals surface area (Å²) in [5.74, 6) is 1.12. The lowest BCUT2D eigenvalue weighted by Gasteiger charge is -2.09. The van der Waals surface area contributed by atoms with E-state index in [1.165, 1.54) is 11.1 Å². The number of benzene rings is 1. The molecule has 0 spiro atoms. The standard InChI is InChI=1S/C17H18N6/c1-12-5-6-15(8-13(12)2)21-17-22-16(11-20-23-17)19-10-14-4-3-7-18-9-14/h3-9,11H,10H2,1-2H3,(H2,19,21,22,23). The lowest BCUT2D eigenvalue weighted by molar-refractivity contribution is 0.964. The van der Waals surface area contributed by atoms with Crippen LogP contribution in [0.2, 0.25) is 0 Å². The Balaban J connectivity index is 1.68. The normalized spacial score (nSPS) is 10.3. The number of anilines is 3. The number of aromatic nitrogens is 4. The van der Waals surface area contributed by atoms with Crippen molar-refractivity contribution in [3.63, 3.8) is 0 Å². The van der Waals surface area contributed by atoms with E-state index in [2.05, 4.69) is 56.8 Å². The van der Waals surface area contributed by atoms with Crippen molar-refractivity contribution < 1.29 is 0 Å². The van der Waals surface area contributed by atoms with Gasteiger partial charge >= 0.3 is 0 Å². The summed E-state index contributed by atoms with van der Waals surface area (Å²) >= 11 is 0. The first-order valence-electron chi connectivity index (χ1n) is 7.37. The Hall–Kier alpha value is -3.02. The molecule has 3 aromatic rings. The molecule has 6 nitrogen and oxygen atoms in total. The summed E-state index contributed by atoms with van der Waals surface area (Å²) in [7, 11) is 0. The summed E-state index contributed by atoms with van der Waals surface area (Å²) in [5.41, 5.74) is 4.49. The van der Waals surface area contributed by atoms with Crippen molar-refractivity contribution in [1.82, 2.24) is 20.2 Å². The predicted molar refractivity (Wildman–Crippen MR) is 90.6 cm³/mol. The molecule has 6 heteroatoms. The highest BCUT2D eigenvalue weighted by Gasteiger charge is 2.03. The molecule has 0 aliphatic carbocycles. The molecule has 2 N–H and O–H groups in total. The van der Waals surface area contributed by atoms with Crippen molar-refractivity contribution in [3.05, 3.63) is 65.6 Å². The molecule has 0 amide bonds. The molecule has 116 valence electrons. The number of aryl methyl sites for hydroxylation is 2. The zero-order valence-electron chi connectivity index (χ0n) is 13.1. The van der Waals surface area contributed by atoms with Crippen molar-refractivity contribution in [2.75, 3.05) is 10.6 Å². The maximum atomic E-state index is 4.42. The van der Waals surface area contributed by atoms with Crippen LogP contribution in [0.5, 0.6) is 0 Å². The summed E-state index contributed by atoms with van der Waals surface area (Å²) in [6.07, 6.45) is 5.17. The zero-order valence-corrected chi connectivity index (χ0v) is 13.1. The first kappa shape index (κ1) is 14.9. The van der Waals surface area contributed by atoms with Crippen LogP contribution in [0.3, 0.4) is 0 Å². The second-order valence-corrected chi connectivity index (χ2v) is 5.30. The van der Waals surface area contributed by atoms with Crippen LogP contribution in [-0.4, -0.2) is 20.2 Å². The fraction of sp³-hybridized carbons (Fsp3) is 0.176. The van der Waals surface area contributed by atoms with Gasteiger partial charge in [0.25, 0.3) is 0 Å². The average Bonchev–Trinajstić information content (AvgIpc) is 2.58. The van der Waals surface area contributed by atoms with Crippen LogP contribution in [0.1, 0.15) is 16.7 Å². The van der Waals surface area contributed by atoms with E-state index in [0.717, 1.165) is 11.3 Å². The molecular formula is C17H18N6. The van der Waals surface area contributed by atoms with Gasteiger partial charge in [-0.15, -0.1) is 5.10 Å². The molecule has 0 aliphatic rings. The van der Waals surface area contributed by atoms with E-state index in [4.69, 9.17) is 0 Å². The highest BCUT2D eigenvalue weighted by atomic mass is 15.3. The van der Waals surface area contributed by atoms with Crippen LogP contribution < -0.4 is 10.6 Å². The Labute approximate surface area is 135 Å². The lowest BCUT2D eigenvalue weighted by atomic mass is 10.1. The summed E-state index contributed by atoms with van der Waals surface area (Å²) < 4.78 is 0. The Morgan fingerprint density at radius 3 is 2.74 bits per heavy atom. The lowest BCUT2D eigenvalue weighted by Crippen LogP contribution is -2.05. The average molecular weight is 306 g/mol. The van der Waals surface area contributed by atoms with Crippen LogP contribution in [0, 0.1) is 13.8 Å². The molecule has 1 aromatic carbocycles. The van der Waals surface area contributed by atoms with Crippen LogP contribution in [-0.2, 0) is 6.54 Å². The van der Waals surface area contributed by atoms with Gasteiger partial charge in [0.2, 0.25) is 5.95 Å². The Kier molecular flexibility index (Phi) is 4.42. The molecule has 0 bridgehead atoms. The second kappa shape index (κ2) is 6.83. The number of hydrogen-bond acceptors (Lipinski definition) is 6. The fourth-order valence-electron chi connectivity index (χ4n) is 2.09. The minimum atomic E-state index is 0.462. The van der Waals surface area contributed by atoms with Gasteiger partial charge in [-0.1, -0.05) is 12.1 Å². The summed E-state index contributed by atoms with van der Waals surface area (Å²) in [5, 5.41) is 14.4. The van der Waals surface area contributed by atoms with E-state index >= 15 is 0 Å². The van der Waals surface area contributed by atoms with Gasteiger partial charge < -0.3 is 10.6 Å². The summed E-state index contributed by atoms with van der Waals surface area (Å²) in [6.45, 7) is 4.79. The van der Waals surface area contributed by atoms with E-state index in [1.807, 2.05) is 24.4 Å². The maximum Gasteiger partial charge on any atom is 0.249 e.